The number of aromatic nitrogens is 2. The molecule has 43 heavy (non-hydrogen) atoms. The molecule has 10 nitrogen and oxygen atoms in total. The van der Waals surface area contributed by atoms with Crippen molar-refractivity contribution in [3.05, 3.63) is 42.2 Å². The van der Waals surface area contributed by atoms with Crippen LogP contribution in [0.4, 0.5) is 22.7 Å². The van der Waals surface area contributed by atoms with Crippen LogP contribution in [0.2, 0.25) is 0 Å². The molecule has 2 saturated heterocycles. The van der Waals surface area contributed by atoms with E-state index in [0.717, 1.165) is 99.1 Å². The van der Waals surface area contributed by atoms with Crippen LogP contribution in [0.25, 0.3) is 11.0 Å². The van der Waals surface area contributed by atoms with E-state index in [1.807, 2.05) is 24.3 Å². The first kappa shape index (κ1) is 32.3. The zero-order valence-corrected chi connectivity index (χ0v) is 26.3. The highest BCUT2D eigenvalue weighted by molar-refractivity contribution is 5.92. The van der Waals surface area contributed by atoms with Crippen molar-refractivity contribution in [3.63, 3.8) is 0 Å². The Hall–Kier alpha value is -3.63. The largest absolute Gasteiger partial charge is 0.397 e. The predicted octanol–water partition coefficient (Wildman–Crippen LogP) is 5.78. The summed E-state index contributed by atoms with van der Waals surface area (Å²) in [5.41, 5.74) is 11.1. The molecule has 5 N–H and O–H groups in total. The summed E-state index contributed by atoms with van der Waals surface area (Å²) in [7, 11) is 0. The first-order valence-corrected chi connectivity index (χ1v) is 15.3. The van der Waals surface area contributed by atoms with Gasteiger partial charge in [-0.25, -0.2) is 4.98 Å². The van der Waals surface area contributed by atoms with Gasteiger partial charge < -0.3 is 35.7 Å². The topological polar surface area (TPSA) is 133 Å². The molecule has 5 rings (SSSR count). The summed E-state index contributed by atoms with van der Waals surface area (Å²) in [5.74, 6) is 2.22. The molecule has 0 aliphatic carbocycles. The average molecular weight is 593 g/mol. The third-order valence-electron chi connectivity index (χ3n) is 7.82. The second kappa shape index (κ2) is 14.7. The molecule has 2 fully saturated rings. The lowest BCUT2D eigenvalue weighted by Crippen LogP contribution is -2.25. The number of imidazole rings is 1. The fourth-order valence-electron chi connectivity index (χ4n) is 5.56. The lowest BCUT2D eigenvalue weighted by Gasteiger charge is -2.26. The van der Waals surface area contributed by atoms with Crippen LogP contribution >= 0.6 is 0 Å². The van der Waals surface area contributed by atoms with E-state index < -0.39 is 0 Å². The second-order valence-corrected chi connectivity index (χ2v) is 12.7. The molecule has 2 aliphatic rings. The standard InChI is InChI=1S/C19H27N3O2.C14H21N3O2/c1-13(23)20-15-5-6-17-16(11-15)21-18(19(2,3)4)22(17)12-14-7-9-24-10-8-14;1-10(18)17-12-2-3-14(13(15)8-12)16-9-11-4-6-19-7-5-11/h5-6,11,14H,7-10,12H2,1-4H3,(H,20,23);2-3,8,11,16H,4-7,9,15H2,1H3,(H,17,18). The Labute approximate surface area is 255 Å². The quantitative estimate of drug-likeness (QED) is 0.256. The monoisotopic (exact) mass is 592 g/mol. The molecule has 2 amide bonds. The van der Waals surface area contributed by atoms with E-state index in [9.17, 15) is 9.59 Å². The van der Waals surface area contributed by atoms with E-state index in [-0.39, 0.29) is 17.2 Å². The summed E-state index contributed by atoms with van der Waals surface area (Å²) >= 11 is 0. The van der Waals surface area contributed by atoms with Gasteiger partial charge in [-0.1, -0.05) is 20.8 Å². The number of hydrogen-bond acceptors (Lipinski definition) is 7. The summed E-state index contributed by atoms with van der Waals surface area (Å²) in [6.07, 6.45) is 4.40. The fourth-order valence-corrected chi connectivity index (χ4v) is 5.56. The summed E-state index contributed by atoms with van der Waals surface area (Å²) in [4.78, 5) is 27.2. The Morgan fingerprint density at radius 1 is 0.884 bits per heavy atom. The normalized spacial score (nSPS) is 16.3. The molecular formula is C33H48N6O4. The predicted molar refractivity (Wildman–Crippen MR) is 173 cm³/mol. The van der Waals surface area contributed by atoms with Crippen molar-refractivity contribution in [1.82, 2.24) is 9.55 Å². The number of nitrogens with zero attached hydrogens (tertiary/aromatic N) is 2. The van der Waals surface area contributed by atoms with Gasteiger partial charge in [0, 0.05) is 70.2 Å². The lowest BCUT2D eigenvalue weighted by atomic mass is 9.94. The number of fused-ring (bicyclic) bond motifs is 1. The molecule has 0 unspecified atom stereocenters. The van der Waals surface area contributed by atoms with Crippen molar-refractivity contribution in [2.24, 2.45) is 11.8 Å². The third kappa shape index (κ3) is 9.43. The molecule has 10 heteroatoms. The summed E-state index contributed by atoms with van der Waals surface area (Å²) < 4.78 is 13.2. The SMILES string of the molecule is CC(=O)Nc1ccc(NCC2CCOCC2)c(N)c1.CC(=O)Nc1ccc2c(c1)nc(C(C)(C)C)n2CC1CCOCC1. The van der Waals surface area contributed by atoms with Gasteiger partial charge in [0.15, 0.2) is 0 Å². The van der Waals surface area contributed by atoms with E-state index in [2.05, 4.69) is 47.4 Å². The summed E-state index contributed by atoms with van der Waals surface area (Å²) in [6, 6.07) is 11.5. The average Bonchev–Trinajstić information content (AvgIpc) is 3.31. The maximum absolute atomic E-state index is 11.3. The highest BCUT2D eigenvalue weighted by Crippen LogP contribution is 2.30. The highest BCUT2D eigenvalue weighted by Gasteiger charge is 2.25. The fraction of sp³-hybridized carbons (Fsp3) is 0.545. The molecule has 234 valence electrons. The van der Waals surface area contributed by atoms with Gasteiger partial charge in [0.2, 0.25) is 11.8 Å². The Balaban J connectivity index is 0.000000203. The minimum absolute atomic E-state index is 0.0294. The molecule has 3 heterocycles. The number of nitrogen functional groups attached to an aromatic ring is 1. The summed E-state index contributed by atoms with van der Waals surface area (Å²) in [6.45, 7) is 14.9. The van der Waals surface area contributed by atoms with Gasteiger partial charge in [0.1, 0.15) is 5.82 Å². The smallest absolute Gasteiger partial charge is 0.221 e. The van der Waals surface area contributed by atoms with Crippen molar-refractivity contribution in [3.8, 4) is 0 Å². The van der Waals surface area contributed by atoms with Crippen LogP contribution in [0.5, 0.6) is 0 Å². The molecule has 2 aromatic carbocycles. The maximum atomic E-state index is 11.3. The van der Waals surface area contributed by atoms with Crippen molar-refractivity contribution in [2.45, 2.75) is 72.3 Å². The van der Waals surface area contributed by atoms with E-state index in [0.29, 0.717) is 17.5 Å². The van der Waals surface area contributed by atoms with Crippen molar-refractivity contribution in [1.29, 1.82) is 0 Å². The molecule has 0 bridgehead atoms. The van der Waals surface area contributed by atoms with E-state index >= 15 is 0 Å². The zero-order chi connectivity index (χ0) is 31.0. The van der Waals surface area contributed by atoms with Crippen LogP contribution in [0.15, 0.2) is 36.4 Å². The van der Waals surface area contributed by atoms with E-state index in [4.69, 9.17) is 20.2 Å². The van der Waals surface area contributed by atoms with Crippen LogP contribution in [0.3, 0.4) is 0 Å². The number of rotatable bonds is 7. The van der Waals surface area contributed by atoms with Crippen molar-refractivity contribution in [2.75, 3.05) is 54.7 Å². The van der Waals surface area contributed by atoms with Gasteiger partial charge >= 0.3 is 0 Å². The Morgan fingerprint density at radius 2 is 1.44 bits per heavy atom. The molecular weight excluding hydrogens is 544 g/mol. The van der Waals surface area contributed by atoms with E-state index in [1.54, 1.807) is 6.07 Å². The zero-order valence-electron chi connectivity index (χ0n) is 26.3. The van der Waals surface area contributed by atoms with Gasteiger partial charge in [-0.15, -0.1) is 0 Å². The summed E-state index contributed by atoms with van der Waals surface area (Å²) in [5, 5.41) is 8.93. The Bertz CT molecular complexity index is 1380. The number of hydrogen-bond donors (Lipinski definition) is 4. The molecule has 0 radical (unpaired) electrons. The van der Waals surface area contributed by atoms with Gasteiger partial charge in [-0.3, -0.25) is 9.59 Å². The first-order valence-electron chi connectivity index (χ1n) is 15.3. The minimum atomic E-state index is -0.0951. The molecule has 0 atom stereocenters. The van der Waals surface area contributed by atoms with Gasteiger partial charge in [0.05, 0.1) is 22.4 Å². The number of ether oxygens (including phenoxy) is 2. The molecule has 0 saturated carbocycles. The maximum Gasteiger partial charge on any atom is 0.221 e. The van der Waals surface area contributed by atoms with Gasteiger partial charge in [-0.05, 0) is 73.9 Å². The van der Waals surface area contributed by atoms with Gasteiger partial charge in [-0.2, -0.15) is 0 Å². The number of carbonyl (C=O) groups is 2. The second-order valence-electron chi connectivity index (χ2n) is 12.7. The molecule has 2 aliphatic heterocycles. The van der Waals surface area contributed by atoms with Crippen LogP contribution < -0.4 is 21.7 Å². The Morgan fingerprint density at radius 3 is 2.00 bits per heavy atom. The molecule has 3 aromatic rings. The third-order valence-corrected chi connectivity index (χ3v) is 7.82. The lowest BCUT2D eigenvalue weighted by molar-refractivity contribution is -0.115. The number of carbonyl (C=O) groups excluding carboxylic acids is 2. The molecule has 1 aromatic heterocycles. The Kier molecular flexibility index (Phi) is 11.0. The van der Waals surface area contributed by atoms with Crippen molar-refractivity contribution < 1.29 is 19.1 Å². The highest BCUT2D eigenvalue weighted by atomic mass is 16.5. The molecule has 0 spiro atoms. The van der Waals surface area contributed by atoms with Crippen LogP contribution in [0.1, 0.15) is 66.1 Å². The number of nitrogens with two attached hydrogens (primary N) is 1. The van der Waals surface area contributed by atoms with Crippen LogP contribution in [0, 0.1) is 11.8 Å². The number of amides is 2. The number of anilines is 4. The van der Waals surface area contributed by atoms with Crippen LogP contribution in [-0.4, -0.2) is 54.3 Å². The van der Waals surface area contributed by atoms with Gasteiger partial charge in [0.25, 0.3) is 0 Å². The van der Waals surface area contributed by atoms with Crippen molar-refractivity contribution >= 4 is 45.6 Å². The number of benzene rings is 2. The first-order chi connectivity index (χ1) is 20.5. The minimum Gasteiger partial charge on any atom is -0.397 e. The van der Waals surface area contributed by atoms with E-state index in [1.165, 1.54) is 13.8 Å². The number of nitrogens with one attached hydrogen (secondary N) is 3. The van der Waals surface area contributed by atoms with Crippen LogP contribution in [-0.2, 0) is 31.0 Å².